The van der Waals surface area contributed by atoms with Gasteiger partial charge in [0.1, 0.15) is 17.1 Å². The Bertz CT molecular complexity index is 1170. The van der Waals surface area contributed by atoms with Crippen molar-refractivity contribution < 1.29 is 9.26 Å². The second-order valence-corrected chi connectivity index (χ2v) is 9.16. The van der Waals surface area contributed by atoms with E-state index in [1.54, 1.807) is 11.8 Å². The summed E-state index contributed by atoms with van der Waals surface area (Å²) < 4.78 is 12.2. The van der Waals surface area contributed by atoms with Gasteiger partial charge in [0.2, 0.25) is 5.88 Å². The minimum atomic E-state index is -0.385. The van der Waals surface area contributed by atoms with Gasteiger partial charge in [-0.15, -0.1) is 10.2 Å². The Hall–Kier alpha value is -3.67. The van der Waals surface area contributed by atoms with Crippen molar-refractivity contribution >= 4 is 23.1 Å². The Labute approximate surface area is 181 Å². The molecule has 0 aliphatic heterocycles. The molecule has 2 N–H and O–H groups in total. The molecule has 0 fully saturated rings. The average molecular weight is 422 g/mol. The van der Waals surface area contributed by atoms with Crippen LogP contribution in [-0.2, 0) is 10.8 Å². The highest BCUT2D eigenvalue weighted by molar-refractivity contribution is 5.71. The lowest BCUT2D eigenvalue weighted by Gasteiger charge is -2.15. The molecule has 9 nitrogen and oxygen atoms in total. The molecule has 3 aromatic rings. The molecule has 162 valence electrons. The van der Waals surface area contributed by atoms with E-state index >= 15 is 0 Å². The maximum Gasteiger partial charge on any atom is 0.255 e. The van der Waals surface area contributed by atoms with Crippen LogP contribution in [0.3, 0.4) is 0 Å². The van der Waals surface area contributed by atoms with Gasteiger partial charge in [0.25, 0.3) is 5.69 Å². The van der Waals surface area contributed by atoms with Gasteiger partial charge in [0.15, 0.2) is 11.5 Å². The summed E-state index contributed by atoms with van der Waals surface area (Å²) in [5.74, 6) is 0.945. The van der Waals surface area contributed by atoms with E-state index in [0.717, 1.165) is 0 Å². The Kier molecular flexibility index (Phi) is 5.59. The molecule has 1 aromatic carbocycles. The van der Waals surface area contributed by atoms with E-state index in [1.165, 1.54) is 0 Å². The van der Waals surface area contributed by atoms with Gasteiger partial charge in [-0.25, -0.2) is 9.53 Å². The standard InChI is InChI=1S/C22H27N7O2/c1-21(2,3)17-16(24-7)20(29(27-17)13-11-9-10-12-14(13)30-8)26-25-15-18(22(4,5)6)28-31-19(15)23/h9-12H,23H2,1-6,8H3. The zero-order valence-corrected chi connectivity index (χ0v) is 18.9. The van der Waals surface area contributed by atoms with Crippen LogP contribution in [0.2, 0.25) is 0 Å². The fourth-order valence-corrected chi connectivity index (χ4v) is 3.06. The highest BCUT2D eigenvalue weighted by Gasteiger charge is 2.30. The quantitative estimate of drug-likeness (QED) is 0.410. The predicted octanol–water partition coefficient (Wildman–Crippen LogP) is 6.01. The van der Waals surface area contributed by atoms with Crippen LogP contribution in [0.1, 0.15) is 52.9 Å². The maximum absolute atomic E-state index is 7.80. The molecule has 2 heterocycles. The number of nitrogens with zero attached hydrogens (tertiary/aromatic N) is 6. The SMILES string of the molecule is [C-]#[N+]c1c(C(C)(C)C)nn(-c2ccccc2OC)c1N=Nc1c(C(C)(C)C)noc1N. The van der Waals surface area contributed by atoms with Crippen LogP contribution in [0.15, 0.2) is 39.0 Å². The van der Waals surface area contributed by atoms with E-state index in [9.17, 15) is 0 Å². The van der Waals surface area contributed by atoms with Gasteiger partial charge in [0, 0.05) is 5.41 Å². The van der Waals surface area contributed by atoms with Crippen molar-refractivity contribution in [1.82, 2.24) is 14.9 Å². The number of benzene rings is 1. The van der Waals surface area contributed by atoms with Crippen LogP contribution in [0.5, 0.6) is 5.75 Å². The molecule has 0 saturated heterocycles. The van der Waals surface area contributed by atoms with Crippen LogP contribution in [-0.4, -0.2) is 22.0 Å². The molecule has 0 aliphatic carbocycles. The first kappa shape index (κ1) is 22.0. The third-order valence-corrected chi connectivity index (χ3v) is 4.62. The second-order valence-electron chi connectivity index (χ2n) is 9.16. The lowest BCUT2D eigenvalue weighted by atomic mass is 9.91. The molecular formula is C22H27N7O2. The van der Waals surface area contributed by atoms with E-state index in [4.69, 9.17) is 26.7 Å². The Balaban J connectivity index is 2.28. The van der Waals surface area contributed by atoms with Crippen molar-refractivity contribution in [1.29, 1.82) is 0 Å². The summed E-state index contributed by atoms with van der Waals surface area (Å²) in [5, 5.41) is 17.5. The van der Waals surface area contributed by atoms with E-state index in [-0.39, 0.29) is 22.5 Å². The number of hydrogen-bond acceptors (Lipinski definition) is 7. The van der Waals surface area contributed by atoms with Gasteiger partial charge in [-0.3, -0.25) is 0 Å². The van der Waals surface area contributed by atoms with Crippen LogP contribution in [0.25, 0.3) is 10.5 Å². The zero-order valence-electron chi connectivity index (χ0n) is 18.9. The molecule has 2 aromatic heterocycles. The number of nitrogen functional groups attached to an aromatic ring is 1. The van der Waals surface area contributed by atoms with Crippen molar-refractivity contribution in [2.45, 2.75) is 52.4 Å². The van der Waals surface area contributed by atoms with Crippen molar-refractivity contribution in [3.05, 3.63) is 47.1 Å². The highest BCUT2D eigenvalue weighted by Crippen LogP contribution is 2.43. The molecule has 0 amide bonds. The molecular weight excluding hydrogens is 394 g/mol. The van der Waals surface area contributed by atoms with Crippen LogP contribution >= 0.6 is 0 Å². The molecule has 0 radical (unpaired) electrons. The lowest BCUT2D eigenvalue weighted by Crippen LogP contribution is -2.13. The molecule has 9 heteroatoms. The predicted molar refractivity (Wildman–Crippen MR) is 119 cm³/mol. The van der Waals surface area contributed by atoms with E-state index in [2.05, 4.69) is 20.2 Å². The highest BCUT2D eigenvalue weighted by atomic mass is 16.5. The number of azo groups is 1. The number of methoxy groups -OCH3 is 1. The summed E-state index contributed by atoms with van der Waals surface area (Å²) >= 11 is 0. The first-order chi connectivity index (χ1) is 14.5. The molecule has 3 rings (SSSR count). The first-order valence-corrected chi connectivity index (χ1v) is 9.80. The minimum Gasteiger partial charge on any atom is -0.494 e. The van der Waals surface area contributed by atoms with Gasteiger partial charge in [-0.05, 0) is 17.5 Å². The number of ether oxygens (including phenoxy) is 1. The summed E-state index contributed by atoms with van der Waals surface area (Å²) in [6.45, 7) is 19.7. The van der Waals surface area contributed by atoms with Crippen LogP contribution in [0, 0.1) is 6.57 Å². The summed E-state index contributed by atoms with van der Waals surface area (Å²) in [6.07, 6.45) is 0. The fourth-order valence-electron chi connectivity index (χ4n) is 3.06. The van der Waals surface area contributed by atoms with Gasteiger partial charge in [-0.2, -0.15) is 5.10 Å². The van der Waals surface area contributed by atoms with E-state index < -0.39 is 0 Å². The van der Waals surface area contributed by atoms with Gasteiger partial charge < -0.3 is 15.0 Å². The molecule has 0 aliphatic rings. The summed E-state index contributed by atoms with van der Waals surface area (Å²) in [5.41, 5.74) is 7.71. The van der Waals surface area contributed by atoms with Crippen molar-refractivity contribution in [2.75, 3.05) is 12.8 Å². The number of rotatable bonds is 4. The molecule has 0 unspecified atom stereocenters. The van der Waals surface area contributed by atoms with Crippen molar-refractivity contribution in [3.63, 3.8) is 0 Å². The number of nitrogens with two attached hydrogens (primary N) is 1. The van der Waals surface area contributed by atoms with Crippen LogP contribution < -0.4 is 10.5 Å². The van der Waals surface area contributed by atoms with Gasteiger partial charge in [0.05, 0.1) is 19.4 Å². The fraction of sp³-hybridized carbons (Fsp3) is 0.409. The molecule has 0 bridgehead atoms. The second kappa shape index (κ2) is 7.87. The minimum absolute atomic E-state index is 0.0671. The largest absolute Gasteiger partial charge is 0.494 e. The third kappa shape index (κ3) is 4.14. The van der Waals surface area contributed by atoms with E-state index in [1.807, 2.05) is 65.8 Å². The Morgan fingerprint density at radius 2 is 1.71 bits per heavy atom. The van der Waals surface area contributed by atoms with Crippen molar-refractivity contribution in [2.24, 2.45) is 10.2 Å². The summed E-state index contributed by atoms with van der Waals surface area (Å²) in [4.78, 5) is 3.73. The molecule has 0 spiro atoms. The summed E-state index contributed by atoms with van der Waals surface area (Å²) in [6, 6.07) is 7.40. The first-order valence-electron chi connectivity index (χ1n) is 9.80. The van der Waals surface area contributed by atoms with Gasteiger partial charge in [-0.1, -0.05) is 58.8 Å². The average Bonchev–Trinajstić information content (AvgIpc) is 3.26. The Morgan fingerprint density at radius 3 is 2.29 bits per heavy atom. The lowest BCUT2D eigenvalue weighted by molar-refractivity contribution is 0.405. The molecule has 0 saturated carbocycles. The van der Waals surface area contributed by atoms with Crippen LogP contribution in [0.4, 0.5) is 23.1 Å². The normalized spacial score (nSPS) is 12.3. The number of para-hydroxylation sites is 2. The maximum atomic E-state index is 7.80. The summed E-state index contributed by atoms with van der Waals surface area (Å²) in [7, 11) is 1.58. The number of anilines is 1. The Morgan fingerprint density at radius 1 is 1.06 bits per heavy atom. The molecule has 31 heavy (non-hydrogen) atoms. The third-order valence-electron chi connectivity index (χ3n) is 4.62. The van der Waals surface area contributed by atoms with E-state index in [0.29, 0.717) is 34.2 Å². The van der Waals surface area contributed by atoms with Crippen molar-refractivity contribution in [3.8, 4) is 11.4 Å². The topological polar surface area (TPSA) is 108 Å². The monoisotopic (exact) mass is 421 g/mol. The smallest absolute Gasteiger partial charge is 0.255 e. The zero-order chi connectivity index (χ0) is 23.0. The van der Waals surface area contributed by atoms with Gasteiger partial charge >= 0.3 is 0 Å². The number of hydrogen-bond donors (Lipinski definition) is 1. The number of aromatic nitrogens is 3. The molecule has 0 atom stereocenters.